The largest absolute Gasteiger partial charge is 0.494 e. The fraction of sp³-hybridized carbons (Fsp3) is 0.136. The zero-order valence-corrected chi connectivity index (χ0v) is 17.9. The molecule has 0 spiro atoms. The van der Waals surface area contributed by atoms with E-state index in [-0.39, 0.29) is 11.4 Å². The molecule has 0 saturated heterocycles. The highest BCUT2D eigenvalue weighted by molar-refractivity contribution is 7.13. The van der Waals surface area contributed by atoms with Crippen LogP contribution in [0.25, 0.3) is 10.9 Å². The van der Waals surface area contributed by atoms with Crippen LogP contribution in [0, 0.1) is 22.9 Å². The van der Waals surface area contributed by atoms with Gasteiger partial charge in [0.15, 0.2) is 6.29 Å². The Morgan fingerprint density at radius 2 is 2.06 bits per heavy atom. The number of thiophene rings is 1. The van der Waals surface area contributed by atoms with Crippen LogP contribution in [0.3, 0.4) is 0 Å². The van der Waals surface area contributed by atoms with Crippen molar-refractivity contribution in [3.05, 3.63) is 79.9 Å². The first-order valence-electron chi connectivity index (χ1n) is 9.70. The molecule has 0 aliphatic carbocycles. The van der Waals surface area contributed by atoms with Gasteiger partial charge in [-0.05, 0) is 24.4 Å². The summed E-state index contributed by atoms with van der Waals surface area (Å²) in [6.07, 6.45) is -0.904. The summed E-state index contributed by atoms with van der Waals surface area (Å²) in [5.74, 6) is -0.854. The number of nitro groups is 1. The number of fused-ring (bicyclic) bond motifs is 2. The van der Waals surface area contributed by atoms with E-state index in [2.05, 4.69) is 4.98 Å². The van der Waals surface area contributed by atoms with E-state index >= 15 is 0 Å². The van der Waals surface area contributed by atoms with Crippen LogP contribution in [0.1, 0.15) is 16.1 Å². The van der Waals surface area contributed by atoms with Crippen LogP contribution in [-0.2, 0) is 0 Å². The number of aromatic amines is 1. The Morgan fingerprint density at radius 3 is 2.81 bits per heavy atom. The minimum absolute atomic E-state index is 0.127. The number of nitro benzene ring substituents is 1. The van der Waals surface area contributed by atoms with Crippen molar-refractivity contribution >= 4 is 45.0 Å². The maximum Gasteiger partial charge on any atom is 0.307 e. The molecule has 2 aromatic heterocycles. The summed E-state index contributed by atoms with van der Waals surface area (Å²) in [6.45, 7) is 1.98. The Bertz CT molecular complexity index is 1410. The van der Waals surface area contributed by atoms with Gasteiger partial charge in [-0.1, -0.05) is 18.2 Å². The summed E-state index contributed by atoms with van der Waals surface area (Å²) < 4.78 is 19.5. The summed E-state index contributed by atoms with van der Waals surface area (Å²) in [4.78, 5) is 21.2. The molecule has 0 bridgehead atoms. The molecule has 0 radical (unpaired) electrons. The third kappa shape index (κ3) is 2.95. The third-order valence-corrected chi connectivity index (χ3v) is 6.39. The number of methoxy groups -OCH3 is 1. The molecular formula is C22H18FN5O3S. The van der Waals surface area contributed by atoms with E-state index in [1.807, 2.05) is 42.6 Å². The maximum atomic E-state index is 14.2. The topological polar surface area (TPSA) is 110 Å². The number of hydrogen-bond donors (Lipinski definition) is 2. The van der Waals surface area contributed by atoms with E-state index in [1.54, 1.807) is 4.90 Å². The van der Waals surface area contributed by atoms with E-state index in [0.717, 1.165) is 50.6 Å². The minimum atomic E-state index is -0.981. The standard InChI is InChI=1S/C22H18FN5O3S/c1-11-19(12-5-3-4-6-14(12)25-11)20-21-15(7-8-32-21)27(22(24)26-20)17-10-16(28(29)30)13(23)9-18(17)31-2/h3-10,22,25H,24H2,1-2H3. The average molecular weight is 451 g/mol. The van der Waals surface area contributed by atoms with Gasteiger partial charge in [0.05, 0.1) is 34.0 Å². The van der Waals surface area contributed by atoms with Crippen LogP contribution in [-0.4, -0.2) is 29.0 Å². The Kier molecular flexibility index (Phi) is 4.68. The smallest absolute Gasteiger partial charge is 0.307 e. The van der Waals surface area contributed by atoms with Crippen molar-refractivity contribution in [2.45, 2.75) is 13.2 Å². The van der Waals surface area contributed by atoms with Crippen molar-refractivity contribution in [3.63, 3.8) is 0 Å². The van der Waals surface area contributed by atoms with Crippen LogP contribution >= 0.6 is 11.3 Å². The lowest BCUT2D eigenvalue weighted by Gasteiger charge is -2.33. The van der Waals surface area contributed by atoms with Crippen molar-refractivity contribution in [3.8, 4) is 5.75 Å². The fourth-order valence-electron chi connectivity index (χ4n) is 4.12. The molecule has 3 N–H and O–H groups in total. The van der Waals surface area contributed by atoms with Crippen LogP contribution < -0.4 is 15.4 Å². The molecule has 1 aliphatic rings. The number of hydrogen-bond acceptors (Lipinski definition) is 7. The number of nitrogens with two attached hydrogens (primary N) is 1. The third-order valence-electron chi connectivity index (χ3n) is 5.48. The van der Waals surface area contributed by atoms with Crippen molar-refractivity contribution in [2.24, 2.45) is 10.7 Å². The number of para-hydroxylation sites is 1. The second kappa shape index (κ2) is 7.43. The zero-order chi connectivity index (χ0) is 22.6. The molecule has 5 rings (SSSR count). The number of aliphatic imine (C=N–C) groups is 1. The molecule has 0 saturated carbocycles. The number of ether oxygens (including phenoxy) is 1. The molecule has 32 heavy (non-hydrogen) atoms. The van der Waals surface area contributed by atoms with E-state index in [4.69, 9.17) is 15.5 Å². The number of rotatable bonds is 4. The number of halogens is 1. The van der Waals surface area contributed by atoms with Crippen LogP contribution in [0.2, 0.25) is 0 Å². The Labute approximate surface area is 185 Å². The number of aromatic nitrogens is 1. The van der Waals surface area contributed by atoms with Gasteiger partial charge < -0.3 is 14.6 Å². The lowest BCUT2D eigenvalue weighted by atomic mass is 10.0. The van der Waals surface area contributed by atoms with Gasteiger partial charge >= 0.3 is 5.69 Å². The summed E-state index contributed by atoms with van der Waals surface area (Å²) in [5.41, 5.74) is 10.5. The summed E-state index contributed by atoms with van der Waals surface area (Å²) in [7, 11) is 1.37. The molecule has 10 heteroatoms. The molecule has 1 atom stereocenters. The summed E-state index contributed by atoms with van der Waals surface area (Å²) >= 11 is 1.49. The quantitative estimate of drug-likeness (QED) is 0.341. The number of aryl methyl sites for hydroxylation is 1. The van der Waals surface area contributed by atoms with E-state index < -0.39 is 22.7 Å². The predicted octanol–water partition coefficient (Wildman–Crippen LogP) is 4.83. The molecule has 1 unspecified atom stereocenters. The molecule has 0 amide bonds. The molecule has 8 nitrogen and oxygen atoms in total. The number of anilines is 2. The van der Waals surface area contributed by atoms with Gasteiger partial charge in [-0.3, -0.25) is 15.8 Å². The van der Waals surface area contributed by atoms with Crippen LogP contribution in [0.5, 0.6) is 5.75 Å². The van der Waals surface area contributed by atoms with Gasteiger partial charge in [-0.25, -0.2) is 4.99 Å². The predicted molar refractivity (Wildman–Crippen MR) is 123 cm³/mol. The van der Waals surface area contributed by atoms with Crippen molar-refractivity contribution < 1.29 is 14.1 Å². The number of nitrogens with one attached hydrogen (secondary N) is 1. The van der Waals surface area contributed by atoms with Gasteiger partial charge in [0, 0.05) is 34.3 Å². The highest BCUT2D eigenvalue weighted by Crippen LogP contribution is 2.44. The van der Waals surface area contributed by atoms with E-state index in [1.165, 1.54) is 18.4 Å². The highest BCUT2D eigenvalue weighted by atomic mass is 32.1. The van der Waals surface area contributed by atoms with Gasteiger partial charge in [0.1, 0.15) is 5.75 Å². The van der Waals surface area contributed by atoms with Crippen molar-refractivity contribution in [1.29, 1.82) is 0 Å². The Balaban J connectivity index is 1.71. The number of nitrogens with zero attached hydrogens (tertiary/aromatic N) is 3. The van der Waals surface area contributed by atoms with Gasteiger partial charge in [0.25, 0.3) is 0 Å². The van der Waals surface area contributed by atoms with Crippen molar-refractivity contribution in [2.75, 3.05) is 12.0 Å². The molecular weight excluding hydrogens is 433 g/mol. The minimum Gasteiger partial charge on any atom is -0.494 e. The van der Waals surface area contributed by atoms with E-state index in [0.29, 0.717) is 0 Å². The van der Waals surface area contributed by atoms with Gasteiger partial charge in [-0.15, -0.1) is 11.3 Å². The molecule has 1 aliphatic heterocycles. The van der Waals surface area contributed by atoms with Gasteiger partial charge in [-0.2, -0.15) is 4.39 Å². The molecule has 4 aromatic rings. The lowest BCUT2D eigenvalue weighted by Crippen LogP contribution is -2.41. The normalized spacial score (nSPS) is 15.6. The number of benzene rings is 2. The maximum absolute atomic E-state index is 14.2. The summed E-state index contributed by atoms with van der Waals surface area (Å²) in [5, 5.41) is 14.3. The first kappa shape index (κ1) is 20.2. The molecule has 3 heterocycles. The average Bonchev–Trinajstić information content (AvgIpc) is 3.37. The van der Waals surface area contributed by atoms with Crippen LogP contribution in [0.15, 0.2) is 52.8 Å². The molecule has 2 aromatic carbocycles. The number of H-pyrrole nitrogens is 1. The molecule has 0 fully saturated rings. The Hall–Kier alpha value is -3.76. The van der Waals surface area contributed by atoms with E-state index in [9.17, 15) is 14.5 Å². The first-order chi connectivity index (χ1) is 15.4. The first-order valence-corrected chi connectivity index (χ1v) is 10.6. The highest BCUT2D eigenvalue weighted by Gasteiger charge is 2.33. The summed E-state index contributed by atoms with van der Waals surface area (Å²) in [6, 6.07) is 11.9. The second-order valence-corrected chi connectivity index (χ2v) is 8.22. The lowest BCUT2D eigenvalue weighted by molar-refractivity contribution is -0.387. The second-order valence-electron chi connectivity index (χ2n) is 7.30. The Morgan fingerprint density at radius 1 is 1.28 bits per heavy atom. The van der Waals surface area contributed by atoms with Crippen molar-refractivity contribution in [1.82, 2.24) is 4.98 Å². The molecule has 162 valence electrons. The van der Waals surface area contributed by atoms with Crippen LogP contribution in [0.4, 0.5) is 21.5 Å². The fourth-order valence-corrected chi connectivity index (χ4v) is 5.00. The zero-order valence-electron chi connectivity index (χ0n) is 17.1. The van der Waals surface area contributed by atoms with Gasteiger partial charge in [0.2, 0.25) is 5.82 Å². The monoisotopic (exact) mass is 451 g/mol. The SMILES string of the molecule is COc1cc(F)c([N+](=O)[O-])cc1N1c2ccsc2C(c2c(C)[nH]c3ccccc23)=NC1N.